The monoisotopic (exact) mass is 402 g/mol. The molecule has 0 spiro atoms. The van der Waals surface area contributed by atoms with Gasteiger partial charge in [-0.25, -0.2) is 0 Å². The van der Waals surface area contributed by atoms with Crippen LogP contribution in [0.2, 0.25) is 5.02 Å². The van der Waals surface area contributed by atoms with Gasteiger partial charge in [-0.1, -0.05) is 48.0 Å². The van der Waals surface area contributed by atoms with Gasteiger partial charge in [0.1, 0.15) is 0 Å². The summed E-state index contributed by atoms with van der Waals surface area (Å²) in [5.41, 5.74) is 5.88. The first-order chi connectivity index (χ1) is 14.2. The number of rotatable bonds is 7. The van der Waals surface area contributed by atoms with Gasteiger partial charge in [-0.2, -0.15) is 5.10 Å². The maximum absolute atomic E-state index is 6.25. The van der Waals surface area contributed by atoms with Gasteiger partial charge in [0.25, 0.3) is 0 Å². The fraction of sp³-hybridized carbons (Fsp3) is 0.167. The second-order valence-electron chi connectivity index (χ2n) is 7.16. The van der Waals surface area contributed by atoms with Gasteiger partial charge >= 0.3 is 0 Å². The Bertz CT molecular complexity index is 1070. The summed E-state index contributed by atoms with van der Waals surface area (Å²) in [6, 6.07) is 20.8. The third-order valence-electron chi connectivity index (χ3n) is 4.93. The highest BCUT2D eigenvalue weighted by atomic mass is 35.5. The Labute approximate surface area is 176 Å². The molecule has 1 atom stereocenters. The third-order valence-corrected chi connectivity index (χ3v) is 5.17. The van der Waals surface area contributed by atoms with Crippen molar-refractivity contribution in [2.75, 3.05) is 0 Å². The van der Waals surface area contributed by atoms with Crippen molar-refractivity contribution in [2.45, 2.75) is 19.0 Å². The Morgan fingerprint density at radius 2 is 1.83 bits per heavy atom. The molecule has 2 aromatic carbocycles. The number of hydrogen-bond acceptors (Lipinski definition) is 3. The third kappa shape index (κ3) is 5.11. The molecule has 4 rings (SSSR count). The van der Waals surface area contributed by atoms with Crippen molar-refractivity contribution in [3.05, 3.63) is 107 Å². The molecular formula is C24H23ClN4. The van der Waals surface area contributed by atoms with Crippen molar-refractivity contribution in [1.29, 1.82) is 0 Å². The van der Waals surface area contributed by atoms with E-state index in [2.05, 4.69) is 51.8 Å². The molecular weight excluding hydrogens is 380 g/mol. The SMILES string of the molecule is Cn1cc(-c2cccc(CN[C@@H](Cc3cccnc3)c3cccc(Cl)c3)c2)cn1. The minimum absolute atomic E-state index is 0.139. The molecule has 0 radical (unpaired) electrons. The molecule has 0 unspecified atom stereocenters. The van der Waals surface area contributed by atoms with E-state index in [9.17, 15) is 0 Å². The Hall–Kier alpha value is -2.95. The van der Waals surface area contributed by atoms with Crippen LogP contribution in [0.15, 0.2) is 85.5 Å². The minimum Gasteiger partial charge on any atom is -0.306 e. The van der Waals surface area contributed by atoms with Crippen molar-refractivity contribution in [3.63, 3.8) is 0 Å². The van der Waals surface area contributed by atoms with Crippen LogP contribution < -0.4 is 5.32 Å². The first-order valence-electron chi connectivity index (χ1n) is 9.63. The van der Waals surface area contributed by atoms with Crippen LogP contribution in [0, 0.1) is 0 Å². The summed E-state index contributed by atoms with van der Waals surface area (Å²) >= 11 is 6.25. The van der Waals surface area contributed by atoms with Crippen LogP contribution in [0.1, 0.15) is 22.7 Å². The molecule has 0 bridgehead atoms. The molecule has 4 nitrogen and oxygen atoms in total. The lowest BCUT2D eigenvalue weighted by atomic mass is 9.99. The van der Waals surface area contributed by atoms with Gasteiger partial charge in [-0.15, -0.1) is 0 Å². The topological polar surface area (TPSA) is 42.7 Å². The van der Waals surface area contributed by atoms with Gasteiger partial charge in [-0.05, 0) is 52.9 Å². The normalized spacial score (nSPS) is 12.1. The van der Waals surface area contributed by atoms with E-state index in [4.69, 9.17) is 11.6 Å². The van der Waals surface area contributed by atoms with Crippen LogP contribution in [0.3, 0.4) is 0 Å². The predicted molar refractivity (Wildman–Crippen MR) is 118 cm³/mol. The second kappa shape index (κ2) is 9.03. The maximum Gasteiger partial charge on any atom is 0.0568 e. The van der Waals surface area contributed by atoms with E-state index in [0.29, 0.717) is 0 Å². The average Bonchev–Trinajstić information content (AvgIpc) is 3.18. The highest BCUT2D eigenvalue weighted by Crippen LogP contribution is 2.23. The van der Waals surface area contributed by atoms with Crippen LogP contribution in [-0.4, -0.2) is 14.8 Å². The molecule has 2 aromatic heterocycles. The van der Waals surface area contributed by atoms with Crippen LogP contribution in [0.5, 0.6) is 0 Å². The fourth-order valence-corrected chi connectivity index (χ4v) is 3.66. The van der Waals surface area contributed by atoms with Crippen molar-refractivity contribution >= 4 is 11.6 Å². The van der Waals surface area contributed by atoms with Gasteiger partial charge in [0.2, 0.25) is 0 Å². The first kappa shape index (κ1) is 19.4. The van der Waals surface area contributed by atoms with E-state index in [0.717, 1.165) is 23.6 Å². The van der Waals surface area contributed by atoms with Crippen molar-refractivity contribution < 1.29 is 0 Å². The van der Waals surface area contributed by atoms with Crippen molar-refractivity contribution in [2.24, 2.45) is 7.05 Å². The summed E-state index contributed by atoms with van der Waals surface area (Å²) in [5.74, 6) is 0. The van der Waals surface area contributed by atoms with Crippen molar-refractivity contribution in [3.8, 4) is 11.1 Å². The lowest BCUT2D eigenvalue weighted by molar-refractivity contribution is 0.530. The highest BCUT2D eigenvalue weighted by molar-refractivity contribution is 6.30. The van der Waals surface area contributed by atoms with E-state index in [-0.39, 0.29) is 6.04 Å². The van der Waals surface area contributed by atoms with Crippen LogP contribution >= 0.6 is 11.6 Å². The first-order valence-corrected chi connectivity index (χ1v) is 10.0. The minimum atomic E-state index is 0.139. The van der Waals surface area contributed by atoms with Crippen LogP contribution in [0.25, 0.3) is 11.1 Å². The second-order valence-corrected chi connectivity index (χ2v) is 7.59. The molecule has 2 heterocycles. The maximum atomic E-state index is 6.25. The van der Waals surface area contributed by atoms with Gasteiger partial charge in [0, 0.05) is 48.8 Å². The lowest BCUT2D eigenvalue weighted by Gasteiger charge is -2.20. The number of aryl methyl sites for hydroxylation is 1. The molecule has 5 heteroatoms. The lowest BCUT2D eigenvalue weighted by Crippen LogP contribution is -2.23. The predicted octanol–water partition coefficient (Wildman–Crippen LogP) is 5.21. The quantitative estimate of drug-likeness (QED) is 0.461. The number of hydrogen-bond donors (Lipinski definition) is 1. The summed E-state index contributed by atoms with van der Waals surface area (Å²) in [4.78, 5) is 4.25. The molecule has 4 aromatic rings. The van der Waals surface area contributed by atoms with Gasteiger partial charge < -0.3 is 5.32 Å². The van der Waals surface area contributed by atoms with E-state index >= 15 is 0 Å². The molecule has 29 heavy (non-hydrogen) atoms. The standard InChI is InChI=1S/C24H23ClN4/c1-29-17-22(16-28-29)20-7-2-5-18(11-20)15-27-24(12-19-6-4-10-26-14-19)21-8-3-9-23(25)13-21/h2-11,13-14,16-17,24,27H,12,15H2,1H3/t24-/m0/s1. The molecule has 146 valence electrons. The zero-order chi connectivity index (χ0) is 20.1. The zero-order valence-corrected chi connectivity index (χ0v) is 17.1. The summed E-state index contributed by atoms with van der Waals surface area (Å²) in [6.45, 7) is 0.756. The zero-order valence-electron chi connectivity index (χ0n) is 16.3. The van der Waals surface area contributed by atoms with E-state index in [1.807, 2.05) is 54.6 Å². The molecule has 0 fully saturated rings. The average molecular weight is 403 g/mol. The molecule has 0 saturated heterocycles. The number of nitrogens with zero attached hydrogens (tertiary/aromatic N) is 3. The molecule has 0 aliphatic heterocycles. The van der Waals surface area contributed by atoms with E-state index < -0.39 is 0 Å². The highest BCUT2D eigenvalue weighted by Gasteiger charge is 2.13. The van der Waals surface area contributed by atoms with Crippen LogP contribution in [-0.2, 0) is 20.0 Å². The van der Waals surface area contributed by atoms with Gasteiger partial charge in [-0.3, -0.25) is 9.67 Å². The number of nitrogens with one attached hydrogen (secondary N) is 1. The summed E-state index contributed by atoms with van der Waals surface area (Å²) in [5, 5.41) is 8.73. The van der Waals surface area contributed by atoms with Crippen LogP contribution in [0.4, 0.5) is 0 Å². The number of aromatic nitrogens is 3. The Balaban J connectivity index is 1.53. The van der Waals surface area contributed by atoms with Crippen molar-refractivity contribution in [1.82, 2.24) is 20.1 Å². The van der Waals surface area contributed by atoms with Gasteiger partial charge in [0.05, 0.1) is 6.20 Å². The molecule has 0 aliphatic rings. The molecule has 0 saturated carbocycles. The number of halogens is 1. The summed E-state index contributed by atoms with van der Waals surface area (Å²) in [6.07, 6.45) is 8.49. The molecule has 0 aliphatic carbocycles. The largest absolute Gasteiger partial charge is 0.306 e. The summed E-state index contributed by atoms with van der Waals surface area (Å²) < 4.78 is 1.82. The Morgan fingerprint density at radius 3 is 2.59 bits per heavy atom. The Kier molecular flexibility index (Phi) is 6.03. The van der Waals surface area contributed by atoms with E-state index in [1.165, 1.54) is 22.3 Å². The van der Waals surface area contributed by atoms with E-state index in [1.54, 1.807) is 6.20 Å². The summed E-state index contributed by atoms with van der Waals surface area (Å²) in [7, 11) is 1.93. The smallest absolute Gasteiger partial charge is 0.0568 e. The molecule has 0 amide bonds. The van der Waals surface area contributed by atoms with Gasteiger partial charge in [0.15, 0.2) is 0 Å². The fourth-order valence-electron chi connectivity index (χ4n) is 3.46. The molecule has 1 N–H and O–H groups in total. The number of benzene rings is 2. The number of pyridine rings is 1. The Morgan fingerprint density at radius 1 is 0.966 bits per heavy atom.